The number of esters is 1. The molecule has 0 aliphatic heterocycles. The third-order valence-corrected chi connectivity index (χ3v) is 3.09. The van der Waals surface area contributed by atoms with Crippen molar-refractivity contribution in [2.45, 2.75) is 0 Å². The molecule has 0 aliphatic carbocycles. The smallest absolute Gasteiger partial charge is 0.358 e. The Kier molecular flexibility index (Phi) is 5.74. The van der Waals surface area contributed by atoms with E-state index in [1.807, 2.05) is 0 Å². The number of halogens is 2. The van der Waals surface area contributed by atoms with E-state index in [0.717, 1.165) is 0 Å². The quantitative estimate of drug-likeness (QED) is 0.616. The second kappa shape index (κ2) is 7.77. The van der Waals surface area contributed by atoms with E-state index in [1.54, 1.807) is 12.1 Å². The zero-order chi connectivity index (χ0) is 15.9. The van der Waals surface area contributed by atoms with E-state index in [0.29, 0.717) is 34.8 Å². The van der Waals surface area contributed by atoms with Gasteiger partial charge in [-0.1, -0.05) is 23.2 Å². The van der Waals surface area contributed by atoms with Crippen molar-refractivity contribution >= 4 is 40.8 Å². The van der Waals surface area contributed by atoms with Crippen LogP contribution in [0.15, 0.2) is 24.4 Å². The zero-order valence-corrected chi connectivity index (χ0v) is 13.1. The molecule has 2 heterocycles. The summed E-state index contributed by atoms with van der Waals surface area (Å²) in [6, 6.07) is 4.79. The van der Waals surface area contributed by atoms with Gasteiger partial charge < -0.3 is 15.4 Å². The third kappa shape index (κ3) is 4.44. The van der Waals surface area contributed by atoms with Crippen molar-refractivity contribution in [3.8, 4) is 0 Å². The minimum absolute atomic E-state index is 0.156. The Morgan fingerprint density at radius 3 is 2.64 bits per heavy atom. The van der Waals surface area contributed by atoms with Gasteiger partial charge in [0, 0.05) is 19.3 Å². The lowest BCUT2D eigenvalue weighted by Crippen LogP contribution is -2.16. The summed E-state index contributed by atoms with van der Waals surface area (Å²) in [7, 11) is 1.29. The van der Waals surface area contributed by atoms with Crippen LogP contribution in [0.3, 0.4) is 0 Å². The first-order valence-electron chi connectivity index (χ1n) is 6.31. The van der Waals surface area contributed by atoms with Gasteiger partial charge >= 0.3 is 5.97 Å². The summed E-state index contributed by atoms with van der Waals surface area (Å²) in [4.78, 5) is 15.3. The highest BCUT2D eigenvalue weighted by Crippen LogP contribution is 2.22. The first-order chi connectivity index (χ1) is 10.6. The van der Waals surface area contributed by atoms with E-state index >= 15 is 0 Å². The number of rotatable bonds is 6. The molecule has 0 bridgehead atoms. The molecule has 0 atom stereocenters. The molecule has 0 aromatic carbocycles. The molecule has 9 heteroatoms. The van der Waals surface area contributed by atoms with E-state index in [4.69, 9.17) is 23.2 Å². The van der Waals surface area contributed by atoms with Crippen molar-refractivity contribution in [3.05, 3.63) is 40.1 Å². The molecule has 116 valence electrons. The summed E-state index contributed by atoms with van der Waals surface area (Å²) in [6.45, 7) is 1.13. The third-order valence-electron chi connectivity index (χ3n) is 2.59. The number of carbonyl (C=O) groups is 1. The van der Waals surface area contributed by atoms with Crippen LogP contribution in [0.4, 0.5) is 11.6 Å². The van der Waals surface area contributed by atoms with Crippen molar-refractivity contribution in [1.29, 1.82) is 0 Å². The fraction of sp³-hybridized carbons (Fsp3) is 0.231. The molecule has 2 rings (SSSR count). The summed E-state index contributed by atoms with van der Waals surface area (Å²) in [5.41, 5.74) is 0.156. The van der Waals surface area contributed by atoms with Crippen molar-refractivity contribution in [3.63, 3.8) is 0 Å². The van der Waals surface area contributed by atoms with Gasteiger partial charge in [-0.05, 0) is 18.2 Å². The molecule has 0 unspecified atom stereocenters. The topological polar surface area (TPSA) is 89.0 Å². The van der Waals surface area contributed by atoms with Gasteiger partial charge in [-0.15, -0.1) is 10.2 Å². The number of carbonyl (C=O) groups excluding carboxylic acids is 1. The average Bonchev–Trinajstić information content (AvgIpc) is 2.53. The van der Waals surface area contributed by atoms with Crippen LogP contribution in [-0.4, -0.2) is 41.3 Å². The number of pyridine rings is 1. The molecule has 0 spiro atoms. The van der Waals surface area contributed by atoms with Crippen molar-refractivity contribution in [1.82, 2.24) is 15.2 Å². The van der Waals surface area contributed by atoms with Crippen LogP contribution in [0.1, 0.15) is 10.5 Å². The maximum Gasteiger partial charge on any atom is 0.358 e. The fourth-order valence-electron chi connectivity index (χ4n) is 1.56. The molecule has 22 heavy (non-hydrogen) atoms. The number of anilines is 2. The molecule has 7 nitrogen and oxygen atoms in total. The van der Waals surface area contributed by atoms with Gasteiger partial charge in [0.2, 0.25) is 0 Å². The Labute approximate surface area is 137 Å². The van der Waals surface area contributed by atoms with E-state index in [-0.39, 0.29) is 5.69 Å². The van der Waals surface area contributed by atoms with Crippen LogP contribution in [0, 0.1) is 0 Å². The fourth-order valence-corrected chi connectivity index (χ4v) is 2.00. The molecule has 0 fully saturated rings. The van der Waals surface area contributed by atoms with Crippen molar-refractivity contribution in [2.24, 2.45) is 0 Å². The number of hydrogen-bond acceptors (Lipinski definition) is 7. The standard InChI is InChI=1S/C13H13Cl2N5O2/c1-22-13(21)10-2-3-11(20-19-10)16-4-5-17-12-9(15)6-8(14)7-18-12/h2-3,6-7H,4-5H2,1H3,(H,16,20)(H,17,18). The monoisotopic (exact) mass is 341 g/mol. The molecule has 0 saturated carbocycles. The normalized spacial score (nSPS) is 10.1. The Hall–Kier alpha value is -2.12. The maximum absolute atomic E-state index is 11.2. The lowest BCUT2D eigenvalue weighted by Gasteiger charge is -2.08. The van der Waals surface area contributed by atoms with Gasteiger partial charge in [-0.2, -0.15) is 0 Å². The van der Waals surface area contributed by atoms with E-state index in [2.05, 4.69) is 30.6 Å². The Morgan fingerprint density at radius 2 is 2.00 bits per heavy atom. The van der Waals surface area contributed by atoms with E-state index < -0.39 is 5.97 Å². The molecule has 0 amide bonds. The lowest BCUT2D eigenvalue weighted by molar-refractivity contribution is 0.0593. The predicted molar refractivity (Wildman–Crippen MR) is 84.6 cm³/mol. The Balaban J connectivity index is 1.80. The summed E-state index contributed by atoms with van der Waals surface area (Å²) in [6.07, 6.45) is 1.51. The number of ether oxygens (including phenoxy) is 1. The molecule has 0 saturated heterocycles. The minimum atomic E-state index is -0.524. The van der Waals surface area contributed by atoms with E-state index in [9.17, 15) is 4.79 Å². The van der Waals surface area contributed by atoms with Gasteiger partial charge in [0.1, 0.15) is 11.6 Å². The second-order valence-corrected chi connectivity index (χ2v) is 4.98. The average molecular weight is 342 g/mol. The van der Waals surface area contributed by atoms with Gasteiger partial charge in [0.05, 0.1) is 17.2 Å². The Morgan fingerprint density at radius 1 is 1.23 bits per heavy atom. The number of aromatic nitrogens is 3. The summed E-state index contributed by atoms with van der Waals surface area (Å²) < 4.78 is 4.54. The molecular weight excluding hydrogens is 329 g/mol. The van der Waals surface area contributed by atoms with Crippen molar-refractivity contribution in [2.75, 3.05) is 30.8 Å². The molecule has 0 radical (unpaired) electrons. The van der Waals surface area contributed by atoms with Crippen LogP contribution in [-0.2, 0) is 4.74 Å². The molecule has 2 aromatic rings. The first-order valence-corrected chi connectivity index (χ1v) is 7.06. The van der Waals surface area contributed by atoms with Gasteiger partial charge in [0.15, 0.2) is 5.69 Å². The lowest BCUT2D eigenvalue weighted by atomic mass is 10.4. The van der Waals surface area contributed by atoms with E-state index in [1.165, 1.54) is 19.4 Å². The SMILES string of the molecule is COC(=O)c1ccc(NCCNc2ncc(Cl)cc2Cl)nn1. The van der Waals surface area contributed by atoms with Gasteiger partial charge in [-0.25, -0.2) is 9.78 Å². The number of methoxy groups -OCH3 is 1. The summed E-state index contributed by atoms with van der Waals surface area (Å²) in [5.74, 6) is 0.578. The van der Waals surface area contributed by atoms with Crippen LogP contribution in [0.2, 0.25) is 10.0 Å². The predicted octanol–water partition coefficient (Wildman–Crippen LogP) is 2.49. The van der Waals surface area contributed by atoms with Gasteiger partial charge in [-0.3, -0.25) is 0 Å². The van der Waals surface area contributed by atoms with Crippen molar-refractivity contribution < 1.29 is 9.53 Å². The highest BCUT2D eigenvalue weighted by atomic mass is 35.5. The number of nitrogens with zero attached hydrogens (tertiary/aromatic N) is 3. The minimum Gasteiger partial charge on any atom is -0.464 e. The zero-order valence-electron chi connectivity index (χ0n) is 11.6. The van der Waals surface area contributed by atoms with Crippen LogP contribution in [0.5, 0.6) is 0 Å². The van der Waals surface area contributed by atoms with Crippen LogP contribution in [0.25, 0.3) is 0 Å². The van der Waals surface area contributed by atoms with Crippen LogP contribution < -0.4 is 10.6 Å². The summed E-state index contributed by atoms with van der Waals surface area (Å²) in [5, 5.41) is 14.7. The Bertz CT molecular complexity index is 651. The second-order valence-electron chi connectivity index (χ2n) is 4.13. The molecular formula is C13H13Cl2N5O2. The highest BCUT2D eigenvalue weighted by molar-refractivity contribution is 6.35. The largest absolute Gasteiger partial charge is 0.464 e. The maximum atomic E-state index is 11.2. The molecule has 2 aromatic heterocycles. The van der Waals surface area contributed by atoms with Gasteiger partial charge in [0.25, 0.3) is 0 Å². The number of hydrogen-bond donors (Lipinski definition) is 2. The highest BCUT2D eigenvalue weighted by Gasteiger charge is 2.07. The molecule has 0 aliphatic rings. The van der Waals surface area contributed by atoms with Crippen LogP contribution >= 0.6 is 23.2 Å². The first kappa shape index (κ1) is 16.3. The number of nitrogens with one attached hydrogen (secondary N) is 2. The molecule has 2 N–H and O–H groups in total. The summed E-state index contributed by atoms with van der Waals surface area (Å²) >= 11 is 11.8.